The molecule has 2 unspecified atom stereocenters. The van der Waals surface area contributed by atoms with Gasteiger partial charge >= 0.3 is 0 Å². The minimum atomic E-state index is -0.00777. The van der Waals surface area contributed by atoms with Gasteiger partial charge in [0.05, 0.1) is 6.26 Å². The van der Waals surface area contributed by atoms with Crippen molar-refractivity contribution in [2.24, 2.45) is 5.73 Å². The second kappa shape index (κ2) is 5.93. The van der Waals surface area contributed by atoms with Crippen molar-refractivity contribution in [2.75, 3.05) is 11.4 Å². The summed E-state index contributed by atoms with van der Waals surface area (Å²) in [6.07, 6.45) is 1.70. The van der Waals surface area contributed by atoms with Crippen molar-refractivity contribution in [3.63, 3.8) is 0 Å². The fourth-order valence-electron chi connectivity index (χ4n) is 2.50. The van der Waals surface area contributed by atoms with E-state index < -0.39 is 0 Å². The van der Waals surface area contributed by atoms with E-state index >= 15 is 0 Å². The SMILES string of the molecule is CCN(c1cccc(C)c1)C(c1ccco1)C(C)N. The first-order valence-electron chi connectivity index (χ1n) is 6.75. The topological polar surface area (TPSA) is 42.4 Å². The Kier molecular flexibility index (Phi) is 4.27. The summed E-state index contributed by atoms with van der Waals surface area (Å²) in [4.78, 5) is 2.29. The number of nitrogens with two attached hydrogens (primary N) is 1. The van der Waals surface area contributed by atoms with Crippen molar-refractivity contribution in [3.8, 4) is 0 Å². The lowest BCUT2D eigenvalue weighted by atomic mass is 10.0. The zero-order valence-corrected chi connectivity index (χ0v) is 11.8. The molecule has 2 N–H and O–H groups in total. The molecule has 0 saturated heterocycles. The van der Waals surface area contributed by atoms with Crippen LogP contribution in [-0.4, -0.2) is 12.6 Å². The van der Waals surface area contributed by atoms with Gasteiger partial charge in [0.2, 0.25) is 0 Å². The molecule has 3 nitrogen and oxygen atoms in total. The highest BCUT2D eigenvalue weighted by molar-refractivity contribution is 5.50. The number of aryl methyl sites for hydroxylation is 1. The van der Waals surface area contributed by atoms with Crippen LogP contribution in [0.4, 0.5) is 5.69 Å². The van der Waals surface area contributed by atoms with Crippen molar-refractivity contribution in [1.29, 1.82) is 0 Å². The van der Waals surface area contributed by atoms with Crippen molar-refractivity contribution >= 4 is 5.69 Å². The number of hydrogen-bond donors (Lipinski definition) is 1. The minimum Gasteiger partial charge on any atom is -0.467 e. The van der Waals surface area contributed by atoms with Crippen LogP contribution in [0.3, 0.4) is 0 Å². The van der Waals surface area contributed by atoms with E-state index in [1.807, 2.05) is 19.1 Å². The Bertz CT molecular complexity index is 505. The summed E-state index contributed by atoms with van der Waals surface area (Å²) < 4.78 is 5.57. The molecule has 0 radical (unpaired) electrons. The fraction of sp³-hybridized carbons (Fsp3) is 0.375. The van der Waals surface area contributed by atoms with Gasteiger partial charge in [-0.15, -0.1) is 0 Å². The molecule has 2 atom stereocenters. The number of benzene rings is 1. The second-order valence-corrected chi connectivity index (χ2v) is 4.94. The molecular formula is C16H22N2O. The Morgan fingerprint density at radius 1 is 1.26 bits per heavy atom. The van der Waals surface area contributed by atoms with E-state index in [0.717, 1.165) is 12.3 Å². The van der Waals surface area contributed by atoms with Crippen LogP contribution < -0.4 is 10.6 Å². The quantitative estimate of drug-likeness (QED) is 0.892. The third-order valence-corrected chi connectivity index (χ3v) is 3.34. The number of hydrogen-bond acceptors (Lipinski definition) is 3. The molecule has 102 valence electrons. The molecule has 2 rings (SSSR count). The maximum Gasteiger partial charge on any atom is 0.127 e. The lowest BCUT2D eigenvalue weighted by molar-refractivity contribution is 0.415. The largest absolute Gasteiger partial charge is 0.467 e. The summed E-state index contributed by atoms with van der Waals surface area (Å²) in [5.41, 5.74) is 8.61. The second-order valence-electron chi connectivity index (χ2n) is 4.94. The van der Waals surface area contributed by atoms with Gasteiger partial charge in [-0.3, -0.25) is 0 Å². The highest BCUT2D eigenvalue weighted by atomic mass is 16.3. The summed E-state index contributed by atoms with van der Waals surface area (Å²) >= 11 is 0. The average molecular weight is 258 g/mol. The molecule has 3 heteroatoms. The van der Waals surface area contributed by atoms with Crippen molar-refractivity contribution < 1.29 is 4.42 Å². The van der Waals surface area contributed by atoms with Gasteiger partial charge in [-0.2, -0.15) is 0 Å². The van der Waals surface area contributed by atoms with E-state index in [1.165, 1.54) is 11.3 Å². The first kappa shape index (κ1) is 13.7. The molecular weight excluding hydrogens is 236 g/mol. The lowest BCUT2D eigenvalue weighted by Gasteiger charge is -2.34. The molecule has 0 aliphatic heterocycles. The third kappa shape index (κ3) is 2.99. The van der Waals surface area contributed by atoms with E-state index in [4.69, 9.17) is 10.2 Å². The van der Waals surface area contributed by atoms with Gasteiger partial charge in [0.25, 0.3) is 0 Å². The van der Waals surface area contributed by atoms with Gasteiger partial charge in [0, 0.05) is 18.3 Å². The molecule has 0 fully saturated rings. The molecule has 0 spiro atoms. The summed E-state index contributed by atoms with van der Waals surface area (Å²) in [6.45, 7) is 7.15. The molecule has 0 amide bonds. The minimum absolute atomic E-state index is 0.00777. The molecule has 19 heavy (non-hydrogen) atoms. The summed E-state index contributed by atoms with van der Waals surface area (Å²) in [5.74, 6) is 0.915. The number of rotatable bonds is 5. The van der Waals surface area contributed by atoms with Gasteiger partial charge in [-0.1, -0.05) is 12.1 Å². The number of nitrogens with zero attached hydrogens (tertiary/aromatic N) is 1. The standard InChI is InChI=1S/C16H22N2O/c1-4-18(14-8-5-7-12(2)11-14)16(13(3)17)15-9-6-10-19-15/h5-11,13,16H,4,17H2,1-3H3. The van der Waals surface area contributed by atoms with Crippen LogP contribution in [0.15, 0.2) is 47.1 Å². The Balaban J connectivity index is 2.38. The molecule has 0 aliphatic rings. The van der Waals surface area contributed by atoms with E-state index in [2.05, 4.69) is 43.0 Å². The molecule has 0 bridgehead atoms. The maximum absolute atomic E-state index is 6.18. The predicted molar refractivity (Wildman–Crippen MR) is 79.3 cm³/mol. The highest BCUT2D eigenvalue weighted by Crippen LogP contribution is 2.29. The summed E-state index contributed by atoms with van der Waals surface area (Å²) in [5, 5.41) is 0. The Morgan fingerprint density at radius 2 is 2.05 bits per heavy atom. The lowest BCUT2D eigenvalue weighted by Crippen LogP contribution is -2.39. The van der Waals surface area contributed by atoms with Crippen molar-refractivity contribution in [3.05, 3.63) is 54.0 Å². The van der Waals surface area contributed by atoms with E-state index in [9.17, 15) is 0 Å². The first-order chi connectivity index (χ1) is 9.13. The highest BCUT2D eigenvalue weighted by Gasteiger charge is 2.25. The molecule has 0 aliphatic carbocycles. The molecule has 2 aromatic rings. The normalized spacial score (nSPS) is 14.1. The van der Waals surface area contributed by atoms with Gasteiger partial charge < -0.3 is 15.1 Å². The number of furan rings is 1. The summed E-state index contributed by atoms with van der Waals surface area (Å²) in [7, 11) is 0. The Hall–Kier alpha value is -1.74. The zero-order valence-electron chi connectivity index (χ0n) is 11.8. The van der Waals surface area contributed by atoms with Crippen LogP contribution in [-0.2, 0) is 0 Å². The zero-order chi connectivity index (χ0) is 13.8. The van der Waals surface area contributed by atoms with Gasteiger partial charge in [-0.25, -0.2) is 0 Å². The van der Waals surface area contributed by atoms with E-state index in [0.29, 0.717) is 0 Å². The van der Waals surface area contributed by atoms with Crippen LogP contribution >= 0.6 is 0 Å². The summed E-state index contributed by atoms with van der Waals surface area (Å²) in [6, 6.07) is 12.4. The van der Waals surface area contributed by atoms with Gasteiger partial charge in [0.1, 0.15) is 11.8 Å². The molecule has 1 aromatic carbocycles. The Labute approximate surface area is 115 Å². The third-order valence-electron chi connectivity index (χ3n) is 3.34. The number of anilines is 1. The number of likely N-dealkylation sites (N-methyl/N-ethyl adjacent to an activating group) is 1. The molecule has 0 saturated carbocycles. The smallest absolute Gasteiger partial charge is 0.127 e. The Morgan fingerprint density at radius 3 is 2.58 bits per heavy atom. The first-order valence-corrected chi connectivity index (χ1v) is 6.75. The predicted octanol–water partition coefficient (Wildman–Crippen LogP) is 3.50. The monoisotopic (exact) mass is 258 g/mol. The molecule has 1 aromatic heterocycles. The van der Waals surface area contributed by atoms with Crippen LogP contribution in [0.5, 0.6) is 0 Å². The van der Waals surface area contributed by atoms with Crippen LogP contribution in [0.1, 0.15) is 31.2 Å². The van der Waals surface area contributed by atoms with E-state index in [1.54, 1.807) is 6.26 Å². The van der Waals surface area contributed by atoms with Crippen LogP contribution in [0, 0.1) is 6.92 Å². The van der Waals surface area contributed by atoms with Crippen molar-refractivity contribution in [2.45, 2.75) is 32.9 Å². The van der Waals surface area contributed by atoms with E-state index in [-0.39, 0.29) is 12.1 Å². The fourth-order valence-corrected chi connectivity index (χ4v) is 2.50. The van der Waals surface area contributed by atoms with Crippen LogP contribution in [0.2, 0.25) is 0 Å². The molecule has 1 heterocycles. The van der Waals surface area contributed by atoms with Crippen molar-refractivity contribution in [1.82, 2.24) is 0 Å². The van der Waals surface area contributed by atoms with Gasteiger partial charge in [-0.05, 0) is 50.6 Å². The average Bonchev–Trinajstić information content (AvgIpc) is 2.88. The van der Waals surface area contributed by atoms with Gasteiger partial charge in [0.15, 0.2) is 0 Å². The maximum atomic E-state index is 6.18. The van der Waals surface area contributed by atoms with Crippen LogP contribution in [0.25, 0.3) is 0 Å².